The van der Waals surface area contributed by atoms with E-state index in [1.54, 1.807) is 32.0 Å². The molecule has 0 spiro atoms. The third kappa shape index (κ3) is 6.50. The normalized spacial score (nSPS) is 11.6. The highest BCUT2D eigenvalue weighted by Gasteiger charge is 2.27. The summed E-state index contributed by atoms with van der Waals surface area (Å²) in [7, 11) is 2.98. The Morgan fingerprint density at radius 1 is 1.06 bits per heavy atom. The van der Waals surface area contributed by atoms with Gasteiger partial charge in [-0.05, 0) is 37.1 Å². The SMILES string of the molecule is CCOc1ccccc1-c1noc(COC(=O)[C@@H](NC(=O)c2cc(OC)cc(OC)c2)C(C)C)n1. The number of carbonyl (C=O) groups is 2. The van der Waals surface area contributed by atoms with Crippen LogP contribution >= 0.6 is 0 Å². The van der Waals surface area contributed by atoms with Crippen molar-refractivity contribution in [3.63, 3.8) is 0 Å². The minimum atomic E-state index is -0.902. The summed E-state index contributed by atoms with van der Waals surface area (Å²) in [6.45, 7) is 5.73. The lowest BCUT2D eigenvalue weighted by molar-refractivity contribution is -0.149. The highest BCUT2D eigenvalue weighted by Crippen LogP contribution is 2.27. The van der Waals surface area contributed by atoms with Gasteiger partial charge in [-0.15, -0.1) is 0 Å². The van der Waals surface area contributed by atoms with E-state index in [9.17, 15) is 9.59 Å². The Morgan fingerprint density at radius 3 is 2.37 bits per heavy atom. The smallest absolute Gasteiger partial charge is 0.329 e. The first-order chi connectivity index (χ1) is 16.9. The molecule has 186 valence electrons. The molecule has 0 aliphatic carbocycles. The number of esters is 1. The zero-order valence-electron chi connectivity index (χ0n) is 20.4. The van der Waals surface area contributed by atoms with Crippen LogP contribution in [0.1, 0.15) is 37.0 Å². The molecule has 1 atom stereocenters. The Balaban J connectivity index is 1.67. The van der Waals surface area contributed by atoms with E-state index >= 15 is 0 Å². The number of nitrogens with one attached hydrogen (secondary N) is 1. The van der Waals surface area contributed by atoms with Crippen LogP contribution in [0.15, 0.2) is 47.0 Å². The molecule has 35 heavy (non-hydrogen) atoms. The number of hydrogen-bond acceptors (Lipinski definition) is 9. The third-order valence-electron chi connectivity index (χ3n) is 5.05. The van der Waals surface area contributed by atoms with Crippen molar-refractivity contribution in [3.05, 3.63) is 53.9 Å². The molecule has 3 rings (SSSR count). The van der Waals surface area contributed by atoms with Crippen LogP contribution in [-0.2, 0) is 16.1 Å². The van der Waals surface area contributed by atoms with Crippen LogP contribution < -0.4 is 19.5 Å². The van der Waals surface area contributed by atoms with Gasteiger partial charge in [0.25, 0.3) is 11.8 Å². The molecule has 0 radical (unpaired) electrons. The van der Waals surface area contributed by atoms with Gasteiger partial charge in [-0.25, -0.2) is 4.79 Å². The summed E-state index contributed by atoms with van der Waals surface area (Å²) in [6, 6.07) is 11.2. The van der Waals surface area contributed by atoms with Gasteiger partial charge in [0.05, 0.1) is 26.4 Å². The highest BCUT2D eigenvalue weighted by atomic mass is 16.6. The van der Waals surface area contributed by atoms with Crippen molar-refractivity contribution >= 4 is 11.9 Å². The van der Waals surface area contributed by atoms with Gasteiger partial charge in [0.1, 0.15) is 23.3 Å². The minimum absolute atomic E-state index is 0.117. The first-order valence-electron chi connectivity index (χ1n) is 11.1. The Morgan fingerprint density at radius 2 is 1.74 bits per heavy atom. The van der Waals surface area contributed by atoms with Crippen molar-refractivity contribution in [2.45, 2.75) is 33.4 Å². The number of amides is 1. The highest BCUT2D eigenvalue weighted by molar-refractivity contribution is 5.97. The number of methoxy groups -OCH3 is 2. The van der Waals surface area contributed by atoms with E-state index in [-0.39, 0.29) is 24.0 Å². The topological polar surface area (TPSA) is 122 Å². The van der Waals surface area contributed by atoms with E-state index in [0.29, 0.717) is 35.2 Å². The van der Waals surface area contributed by atoms with Crippen molar-refractivity contribution in [3.8, 4) is 28.6 Å². The van der Waals surface area contributed by atoms with Crippen molar-refractivity contribution in [2.24, 2.45) is 5.92 Å². The number of aromatic nitrogens is 2. The minimum Gasteiger partial charge on any atom is -0.497 e. The van der Waals surface area contributed by atoms with Crippen LogP contribution in [0, 0.1) is 5.92 Å². The van der Waals surface area contributed by atoms with Gasteiger partial charge >= 0.3 is 5.97 Å². The Kier molecular flexibility index (Phi) is 8.66. The number of benzene rings is 2. The second kappa shape index (κ2) is 11.9. The molecule has 1 aromatic heterocycles. The van der Waals surface area contributed by atoms with E-state index < -0.39 is 17.9 Å². The fourth-order valence-electron chi connectivity index (χ4n) is 3.24. The first-order valence-corrected chi connectivity index (χ1v) is 11.1. The zero-order valence-corrected chi connectivity index (χ0v) is 20.4. The van der Waals surface area contributed by atoms with E-state index in [0.717, 1.165) is 0 Å². The molecule has 10 nitrogen and oxygen atoms in total. The summed E-state index contributed by atoms with van der Waals surface area (Å²) in [5, 5.41) is 6.67. The molecule has 0 saturated heterocycles. The standard InChI is InChI=1S/C25H29N3O7/c1-6-33-20-10-8-7-9-19(20)23-26-21(35-28-23)14-34-25(30)22(15(2)3)27-24(29)16-11-17(31-4)13-18(12-16)32-5/h7-13,15,22H,6,14H2,1-5H3,(H,27,29)/t22-/m0/s1. The van der Waals surface area contributed by atoms with Crippen LogP contribution in [0.3, 0.4) is 0 Å². The van der Waals surface area contributed by atoms with Gasteiger partial charge in [-0.2, -0.15) is 4.98 Å². The summed E-state index contributed by atoms with van der Waals surface area (Å²) in [5.74, 6) is 0.633. The number of nitrogens with zero attached hydrogens (tertiary/aromatic N) is 2. The fraction of sp³-hybridized carbons (Fsp3) is 0.360. The molecule has 2 aromatic carbocycles. The number of para-hydroxylation sites is 1. The Labute approximate surface area is 203 Å². The Hall–Kier alpha value is -4.08. The van der Waals surface area contributed by atoms with E-state index in [1.165, 1.54) is 14.2 Å². The lowest BCUT2D eigenvalue weighted by Crippen LogP contribution is -2.45. The molecule has 3 aromatic rings. The molecule has 1 amide bonds. The molecule has 0 saturated carbocycles. The van der Waals surface area contributed by atoms with E-state index in [4.69, 9.17) is 23.5 Å². The average molecular weight is 484 g/mol. The number of ether oxygens (including phenoxy) is 4. The second-order valence-corrected chi connectivity index (χ2v) is 7.85. The van der Waals surface area contributed by atoms with E-state index in [2.05, 4.69) is 15.5 Å². The summed E-state index contributed by atoms with van der Waals surface area (Å²) in [6.07, 6.45) is 0. The number of hydrogen-bond donors (Lipinski definition) is 1. The molecular formula is C25H29N3O7. The summed E-state index contributed by atoms with van der Waals surface area (Å²) in [5.41, 5.74) is 0.950. The first kappa shape index (κ1) is 25.5. The van der Waals surface area contributed by atoms with Gasteiger partial charge in [-0.1, -0.05) is 31.1 Å². The second-order valence-electron chi connectivity index (χ2n) is 7.85. The quantitative estimate of drug-likeness (QED) is 0.407. The maximum Gasteiger partial charge on any atom is 0.329 e. The van der Waals surface area contributed by atoms with Gasteiger partial charge in [0.15, 0.2) is 6.61 Å². The summed E-state index contributed by atoms with van der Waals surface area (Å²) < 4.78 is 26.6. The number of rotatable bonds is 11. The maximum atomic E-state index is 12.8. The molecule has 0 bridgehead atoms. The van der Waals surface area contributed by atoms with Crippen molar-refractivity contribution in [2.75, 3.05) is 20.8 Å². The lowest BCUT2D eigenvalue weighted by atomic mass is 10.0. The predicted octanol–water partition coefficient (Wildman–Crippen LogP) is 3.65. The van der Waals surface area contributed by atoms with Gasteiger partial charge in [0.2, 0.25) is 5.82 Å². The predicted molar refractivity (Wildman–Crippen MR) is 126 cm³/mol. The monoisotopic (exact) mass is 483 g/mol. The Bertz CT molecular complexity index is 1140. The number of carbonyl (C=O) groups excluding carboxylic acids is 2. The average Bonchev–Trinajstić information content (AvgIpc) is 3.34. The van der Waals surface area contributed by atoms with E-state index in [1.807, 2.05) is 31.2 Å². The molecule has 1 heterocycles. The molecular weight excluding hydrogens is 454 g/mol. The van der Waals surface area contributed by atoms with Gasteiger partial charge < -0.3 is 28.8 Å². The van der Waals surface area contributed by atoms with Crippen molar-refractivity contribution < 1.29 is 33.1 Å². The van der Waals surface area contributed by atoms with Crippen LogP contribution in [0.2, 0.25) is 0 Å². The summed E-state index contributed by atoms with van der Waals surface area (Å²) >= 11 is 0. The van der Waals surface area contributed by atoms with Crippen LogP contribution in [0.4, 0.5) is 0 Å². The molecule has 0 aliphatic rings. The van der Waals surface area contributed by atoms with Gasteiger partial charge in [-0.3, -0.25) is 4.79 Å². The van der Waals surface area contributed by atoms with Crippen LogP contribution in [0.25, 0.3) is 11.4 Å². The third-order valence-corrected chi connectivity index (χ3v) is 5.05. The molecule has 10 heteroatoms. The van der Waals surface area contributed by atoms with Gasteiger partial charge in [0, 0.05) is 11.6 Å². The fourth-order valence-corrected chi connectivity index (χ4v) is 3.24. The molecule has 0 aliphatic heterocycles. The van der Waals surface area contributed by atoms with Crippen molar-refractivity contribution in [1.82, 2.24) is 15.5 Å². The molecule has 0 fully saturated rings. The van der Waals surface area contributed by atoms with Crippen molar-refractivity contribution in [1.29, 1.82) is 0 Å². The van der Waals surface area contributed by atoms with Crippen LogP contribution in [-0.4, -0.2) is 48.9 Å². The molecule has 1 N–H and O–H groups in total. The lowest BCUT2D eigenvalue weighted by Gasteiger charge is -2.20. The largest absolute Gasteiger partial charge is 0.497 e. The van der Waals surface area contributed by atoms with Crippen LogP contribution in [0.5, 0.6) is 17.2 Å². The zero-order chi connectivity index (χ0) is 25.4. The maximum absolute atomic E-state index is 12.8. The molecule has 0 unspecified atom stereocenters. The summed E-state index contributed by atoms with van der Waals surface area (Å²) in [4.78, 5) is 29.9.